The van der Waals surface area contributed by atoms with E-state index in [2.05, 4.69) is 24.8 Å². The number of carbonyl (C=O) groups is 1. The molecule has 1 aromatic carbocycles. The third kappa shape index (κ3) is 4.47. The van der Waals surface area contributed by atoms with E-state index >= 15 is 0 Å². The fourth-order valence-electron chi connectivity index (χ4n) is 1.65. The molecule has 0 saturated carbocycles. The van der Waals surface area contributed by atoms with Gasteiger partial charge in [-0.05, 0) is 0 Å². The molecule has 16 heavy (non-hydrogen) atoms. The van der Waals surface area contributed by atoms with Crippen LogP contribution in [0.2, 0.25) is 3.93 Å². The molecule has 0 fully saturated rings. The van der Waals surface area contributed by atoms with Crippen molar-refractivity contribution in [1.29, 1.82) is 0 Å². The fraction of sp³-hybridized carbons (Fsp3) is 0.417. The Balaban J connectivity index is 2.55. The first kappa shape index (κ1) is 14.1. The van der Waals surface area contributed by atoms with Gasteiger partial charge in [-0.15, -0.1) is 0 Å². The van der Waals surface area contributed by atoms with Gasteiger partial charge in [0.2, 0.25) is 0 Å². The number of thiol groups is 1. The van der Waals surface area contributed by atoms with Crippen molar-refractivity contribution in [2.24, 2.45) is 5.73 Å². The van der Waals surface area contributed by atoms with Crippen LogP contribution in [-0.2, 0) is 17.8 Å². The minimum atomic E-state index is -0.601. The topological polar surface area (TPSA) is 43.1 Å². The maximum absolute atomic E-state index is 10.9. The molecule has 0 aromatic heterocycles. The molecule has 1 atom stereocenters. The van der Waals surface area contributed by atoms with E-state index in [9.17, 15) is 4.79 Å². The molecule has 1 unspecified atom stereocenters. The summed E-state index contributed by atoms with van der Waals surface area (Å²) in [5.74, 6) is 0. The van der Waals surface area contributed by atoms with Crippen LogP contribution in [0.5, 0.6) is 0 Å². The van der Waals surface area contributed by atoms with E-state index in [-0.39, 0.29) is 0 Å². The Kier molecular flexibility index (Phi) is 7.16. The predicted molar refractivity (Wildman–Crippen MR) is 72.1 cm³/mol. The second-order valence-corrected chi connectivity index (χ2v) is 9.92. The number of benzene rings is 1. The normalized spacial score (nSPS) is 12.4. The molecule has 0 saturated heterocycles. The van der Waals surface area contributed by atoms with E-state index in [0.717, 1.165) is 22.9 Å². The fourth-order valence-corrected chi connectivity index (χ4v) is 5.16. The Hall–Kier alpha value is -0.00130. The zero-order chi connectivity index (χ0) is 11.8. The summed E-state index contributed by atoms with van der Waals surface area (Å²) in [6.45, 7) is 0.578. The maximum atomic E-state index is 10.9. The van der Waals surface area contributed by atoms with E-state index in [1.54, 1.807) is 0 Å². The van der Waals surface area contributed by atoms with Crippen molar-refractivity contribution in [1.82, 2.24) is 0 Å². The standard InChI is InChI=1S/C11H14NO.CH3S.Sn/c12-9-11-7-2-1-5-10(11)6-3-4-8-13;1-2;/h1-2,4-5,7-8H,3,6,9,12H2;2H,1H2;. The molecule has 1 aromatic rings. The van der Waals surface area contributed by atoms with Crippen molar-refractivity contribution in [3.8, 4) is 0 Å². The summed E-state index contributed by atoms with van der Waals surface area (Å²) in [7, 11) is 0. The van der Waals surface area contributed by atoms with Crippen LogP contribution in [0.4, 0.5) is 0 Å². The van der Waals surface area contributed by atoms with Crippen LogP contribution >= 0.6 is 12.6 Å². The SMILES string of the molecule is NCc1ccccc1CC[CH](C=O)[Sn][CH2]S. The van der Waals surface area contributed by atoms with Crippen molar-refractivity contribution in [2.45, 2.75) is 23.3 Å². The molecule has 2 radical (unpaired) electrons. The number of nitrogens with two attached hydrogens (primary N) is 1. The molecule has 0 bridgehead atoms. The van der Waals surface area contributed by atoms with Crippen molar-refractivity contribution in [3.05, 3.63) is 35.4 Å². The average molecular weight is 342 g/mol. The van der Waals surface area contributed by atoms with Gasteiger partial charge < -0.3 is 0 Å². The van der Waals surface area contributed by atoms with Gasteiger partial charge >= 0.3 is 113 Å². The van der Waals surface area contributed by atoms with E-state index in [1.807, 2.05) is 12.1 Å². The first-order valence-corrected chi connectivity index (χ1v) is 9.68. The Bertz CT molecular complexity index is 333. The monoisotopic (exact) mass is 343 g/mol. The van der Waals surface area contributed by atoms with Crippen molar-refractivity contribution in [2.75, 3.05) is 3.77 Å². The van der Waals surface area contributed by atoms with Crippen LogP contribution in [0.15, 0.2) is 24.3 Å². The van der Waals surface area contributed by atoms with E-state index in [1.165, 1.54) is 11.1 Å². The Morgan fingerprint density at radius 1 is 1.38 bits per heavy atom. The zero-order valence-electron chi connectivity index (χ0n) is 9.23. The summed E-state index contributed by atoms with van der Waals surface area (Å²) >= 11 is 3.63. The summed E-state index contributed by atoms with van der Waals surface area (Å²) in [5, 5.41) is 0. The summed E-state index contributed by atoms with van der Waals surface area (Å²) in [5.41, 5.74) is 8.16. The molecule has 0 spiro atoms. The first-order valence-electron chi connectivity index (χ1n) is 5.38. The molecule has 2 nitrogen and oxygen atoms in total. The quantitative estimate of drug-likeness (QED) is 0.450. The first-order chi connectivity index (χ1) is 7.81. The summed E-state index contributed by atoms with van der Waals surface area (Å²) < 4.78 is 1.23. The molecular formula is C12H17NOSSn. The molecule has 0 amide bonds. The summed E-state index contributed by atoms with van der Waals surface area (Å²) in [6, 6.07) is 8.20. The van der Waals surface area contributed by atoms with Crippen molar-refractivity contribution >= 4 is 40.1 Å². The van der Waals surface area contributed by atoms with Crippen molar-refractivity contribution in [3.63, 3.8) is 0 Å². The van der Waals surface area contributed by atoms with Crippen molar-refractivity contribution < 1.29 is 4.79 Å². The number of hydrogen-bond donors (Lipinski definition) is 2. The van der Waals surface area contributed by atoms with Gasteiger partial charge in [-0.25, -0.2) is 0 Å². The van der Waals surface area contributed by atoms with Gasteiger partial charge in [0.1, 0.15) is 0 Å². The number of hydrogen-bond acceptors (Lipinski definition) is 3. The van der Waals surface area contributed by atoms with Crippen LogP contribution in [0.3, 0.4) is 0 Å². The third-order valence-electron chi connectivity index (χ3n) is 2.58. The predicted octanol–water partition coefficient (Wildman–Crippen LogP) is 1.66. The van der Waals surface area contributed by atoms with Crippen LogP contribution in [-0.4, -0.2) is 31.2 Å². The Labute approximate surface area is 113 Å². The average Bonchev–Trinajstić information content (AvgIpc) is 2.34. The Morgan fingerprint density at radius 2 is 2.06 bits per heavy atom. The number of rotatable bonds is 7. The second-order valence-electron chi connectivity index (χ2n) is 3.62. The number of carbonyl (C=O) groups excluding carboxylic acids is 1. The van der Waals surface area contributed by atoms with Gasteiger partial charge in [0, 0.05) is 0 Å². The Morgan fingerprint density at radius 3 is 2.62 bits per heavy atom. The van der Waals surface area contributed by atoms with Crippen LogP contribution < -0.4 is 5.73 Å². The molecule has 2 N–H and O–H groups in total. The van der Waals surface area contributed by atoms with Crippen LogP contribution in [0.1, 0.15) is 17.5 Å². The second kappa shape index (κ2) is 8.14. The van der Waals surface area contributed by atoms with E-state index < -0.39 is 21.1 Å². The van der Waals surface area contributed by atoms with Gasteiger partial charge in [-0.2, -0.15) is 0 Å². The molecule has 0 aliphatic carbocycles. The molecular weight excluding hydrogens is 325 g/mol. The molecule has 0 heterocycles. The molecule has 4 heteroatoms. The number of aldehydes is 1. The van der Waals surface area contributed by atoms with Gasteiger partial charge in [0.15, 0.2) is 0 Å². The minimum absolute atomic E-state index is 0.298. The van der Waals surface area contributed by atoms with Crippen LogP contribution in [0.25, 0.3) is 0 Å². The molecule has 0 aliphatic rings. The van der Waals surface area contributed by atoms with E-state index in [0.29, 0.717) is 10.5 Å². The van der Waals surface area contributed by atoms with Crippen LogP contribution in [0, 0.1) is 0 Å². The third-order valence-corrected chi connectivity index (χ3v) is 7.04. The number of aryl methyl sites for hydroxylation is 1. The van der Waals surface area contributed by atoms with Gasteiger partial charge in [0.05, 0.1) is 0 Å². The molecule has 86 valence electrons. The summed E-state index contributed by atoms with van der Waals surface area (Å²) in [6.07, 6.45) is 3.05. The molecule has 1 rings (SSSR count). The molecule has 0 aliphatic heterocycles. The summed E-state index contributed by atoms with van der Waals surface area (Å²) in [4.78, 5) is 10.9. The van der Waals surface area contributed by atoms with Gasteiger partial charge in [0.25, 0.3) is 0 Å². The van der Waals surface area contributed by atoms with Gasteiger partial charge in [-0.3, -0.25) is 0 Å². The van der Waals surface area contributed by atoms with Gasteiger partial charge in [-0.1, -0.05) is 0 Å². The van der Waals surface area contributed by atoms with E-state index in [4.69, 9.17) is 5.73 Å². The zero-order valence-corrected chi connectivity index (χ0v) is 13.0.